The summed E-state index contributed by atoms with van der Waals surface area (Å²) >= 11 is 0. The number of hydrogen-bond acceptors (Lipinski definition) is 2. The van der Waals surface area contributed by atoms with Gasteiger partial charge in [-0.15, -0.1) is 0 Å². The summed E-state index contributed by atoms with van der Waals surface area (Å²) in [5.41, 5.74) is 0.388. The van der Waals surface area contributed by atoms with Gasteiger partial charge in [-0.2, -0.15) is 0 Å². The molecule has 0 aliphatic carbocycles. The lowest BCUT2D eigenvalue weighted by molar-refractivity contribution is -0.128. The molecule has 1 aromatic rings. The van der Waals surface area contributed by atoms with Gasteiger partial charge in [-0.05, 0) is 38.5 Å². The predicted molar refractivity (Wildman–Crippen MR) is 70.7 cm³/mol. The molecule has 1 rings (SSSR count). The van der Waals surface area contributed by atoms with Gasteiger partial charge in [0.15, 0.2) is 0 Å². The standard InChI is InChI=1S/C14H21FN2O/c1-10(11-6-5-7-12(15)8-11)17-9-14(2,3)13(18)16-4/h5-8,10,17H,9H2,1-4H3,(H,16,18). The van der Waals surface area contributed by atoms with Gasteiger partial charge in [0.05, 0.1) is 5.41 Å². The molecule has 0 aliphatic rings. The maximum absolute atomic E-state index is 13.1. The molecule has 0 saturated heterocycles. The average molecular weight is 252 g/mol. The van der Waals surface area contributed by atoms with E-state index in [2.05, 4.69) is 10.6 Å². The molecule has 18 heavy (non-hydrogen) atoms. The van der Waals surface area contributed by atoms with Crippen LogP contribution in [0, 0.1) is 11.2 Å². The summed E-state index contributed by atoms with van der Waals surface area (Å²) in [6, 6.07) is 6.49. The molecule has 100 valence electrons. The van der Waals surface area contributed by atoms with Crippen LogP contribution in [0.3, 0.4) is 0 Å². The second-order valence-electron chi connectivity index (χ2n) is 5.12. The van der Waals surface area contributed by atoms with Crippen LogP contribution in [0.4, 0.5) is 4.39 Å². The molecule has 0 saturated carbocycles. The van der Waals surface area contributed by atoms with Gasteiger partial charge in [-0.25, -0.2) is 4.39 Å². The number of halogens is 1. The largest absolute Gasteiger partial charge is 0.359 e. The maximum atomic E-state index is 13.1. The maximum Gasteiger partial charge on any atom is 0.226 e. The Hall–Kier alpha value is -1.42. The van der Waals surface area contributed by atoms with Gasteiger partial charge < -0.3 is 10.6 Å². The van der Waals surface area contributed by atoms with Crippen molar-refractivity contribution in [2.45, 2.75) is 26.8 Å². The van der Waals surface area contributed by atoms with Gasteiger partial charge in [-0.1, -0.05) is 12.1 Å². The lowest BCUT2D eigenvalue weighted by atomic mass is 9.91. The summed E-state index contributed by atoms with van der Waals surface area (Å²) in [7, 11) is 1.63. The van der Waals surface area contributed by atoms with Crippen LogP contribution >= 0.6 is 0 Å². The molecule has 1 aromatic carbocycles. The molecule has 0 aliphatic heterocycles. The molecule has 0 radical (unpaired) electrons. The Morgan fingerprint density at radius 1 is 1.44 bits per heavy atom. The molecular weight excluding hydrogens is 231 g/mol. The lowest BCUT2D eigenvalue weighted by Crippen LogP contribution is -2.42. The lowest BCUT2D eigenvalue weighted by Gasteiger charge is -2.25. The number of benzene rings is 1. The van der Waals surface area contributed by atoms with Crippen LogP contribution in [0.25, 0.3) is 0 Å². The Bertz CT molecular complexity index is 418. The summed E-state index contributed by atoms with van der Waals surface area (Å²) in [6.45, 7) is 6.23. The Morgan fingerprint density at radius 2 is 2.11 bits per heavy atom. The van der Waals surface area contributed by atoms with Gasteiger partial charge in [-0.3, -0.25) is 4.79 Å². The zero-order valence-electron chi connectivity index (χ0n) is 11.4. The van der Waals surface area contributed by atoms with Crippen molar-refractivity contribution in [1.29, 1.82) is 0 Å². The van der Waals surface area contributed by atoms with E-state index in [9.17, 15) is 9.18 Å². The quantitative estimate of drug-likeness (QED) is 0.844. The fourth-order valence-electron chi connectivity index (χ4n) is 1.72. The van der Waals surface area contributed by atoms with Crippen molar-refractivity contribution in [2.75, 3.05) is 13.6 Å². The molecule has 0 bridgehead atoms. The van der Waals surface area contributed by atoms with Gasteiger partial charge in [0.2, 0.25) is 5.91 Å². The number of hydrogen-bond donors (Lipinski definition) is 2. The van der Waals surface area contributed by atoms with Crippen LogP contribution < -0.4 is 10.6 Å². The second kappa shape index (κ2) is 5.96. The molecule has 1 unspecified atom stereocenters. The van der Waals surface area contributed by atoms with Crippen molar-refractivity contribution in [1.82, 2.24) is 10.6 Å². The Kier molecular flexibility index (Phi) is 4.84. The van der Waals surface area contributed by atoms with Crippen molar-refractivity contribution in [3.05, 3.63) is 35.6 Å². The Morgan fingerprint density at radius 3 is 2.67 bits per heavy atom. The summed E-state index contributed by atoms with van der Waals surface area (Å²) in [5, 5.41) is 5.89. The Labute approximate surface area is 108 Å². The van der Waals surface area contributed by atoms with Crippen LogP contribution in [-0.4, -0.2) is 19.5 Å². The Balaban J connectivity index is 2.61. The van der Waals surface area contributed by atoms with Crippen LogP contribution in [0.2, 0.25) is 0 Å². The molecule has 1 atom stereocenters. The van der Waals surface area contributed by atoms with E-state index in [4.69, 9.17) is 0 Å². The van der Waals surface area contributed by atoms with Gasteiger partial charge in [0, 0.05) is 19.6 Å². The smallest absolute Gasteiger partial charge is 0.226 e. The SMILES string of the molecule is CNC(=O)C(C)(C)CNC(C)c1cccc(F)c1. The summed E-state index contributed by atoms with van der Waals surface area (Å²) < 4.78 is 13.1. The van der Waals surface area contributed by atoms with Crippen LogP contribution in [0.5, 0.6) is 0 Å². The molecule has 1 amide bonds. The minimum absolute atomic E-state index is 0.00429. The fourth-order valence-corrected chi connectivity index (χ4v) is 1.72. The van der Waals surface area contributed by atoms with Crippen molar-refractivity contribution >= 4 is 5.91 Å². The molecule has 4 heteroatoms. The highest BCUT2D eigenvalue weighted by molar-refractivity contribution is 5.81. The topological polar surface area (TPSA) is 41.1 Å². The highest BCUT2D eigenvalue weighted by atomic mass is 19.1. The third kappa shape index (κ3) is 3.81. The highest BCUT2D eigenvalue weighted by Gasteiger charge is 2.26. The van der Waals surface area contributed by atoms with Crippen LogP contribution in [0.1, 0.15) is 32.4 Å². The fraction of sp³-hybridized carbons (Fsp3) is 0.500. The first-order valence-corrected chi connectivity index (χ1v) is 6.08. The predicted octanol–water partition coefficient (Wildman–Crippen LogP) is 2.25. The summed E-state index contributed by atoms with van der Waals surface area (Å²) in [4.78, 5) is 11.6. The molecule has 0 fully saturated rings. The molecule has 3 nitrogen and oxygen atoms in total. The van der Waals surface area contributed by atoms with E-state index >= 15 is 0 Å². The number of rotatable bonds is 5. The number of carbonyl (C=O) groups is 1. The molecule has 0 heterocycles. The van der Waals surface area contributed by atoms with E-state index in [1.54, 1.807) is 13.1 Å². The second-order valence-corrected chi connectivity index (χ2v) is 5.12. The van der Waals surface area contributed by atoms with Crippen molar-refractivity contribution < 1.29 is 9.18 Å². The number of amides is 1. The third-order valence-electron chi connectivity index (χ3n) is 3.04. The van der Waals surface area contributed by atoms with E-state index in [1.165, 1.54) is 12.1 Å². The zero-order chi connectivity index (χ0) is 13.8. The minimum Gasteiger partial charge on any atom is -0.359 e. The van der Waals surface area contributed by atoms with Gasteiger partial charge >= 0.3 is 0 Å². The number of nitrogens with one attached hydrogen (secondary N) is 2. The zero-order valence-corrected chi connectivity index (χ0v) is 11.4. The van der Waals surface area contributed by atoms with Crippen molar-refractivity contribution in [3.8, 4) is 0 Å². The normalized spacial score (nSPS) is 13.2. The van der Waals surface area contributed by atoms with Crippen LogP contribution in [0.15, 0.2) is 24.3 Å². The average Bonchev–Trinajstić information content (AvgIpc) is 2.35. The molecule has 0 aromatic heterocycles. The molecule has 0 spiro atoms. The van der Waals surface area contributed by atoms with Crippen molar-refractivity contribution in [3.63, 3.8) is 0 Å². The van der Waals surface area contributed by atoms with E-state index in [-0.39, 0.29) is 17.8 Å². The first kappa shape index (κ1) is 14.6. The molecule has 2 N–H and O–H groups in total. The summed E-state index contributed by atoms with van der Waals surface area (Å²) in [5.74, 6) is -0.256. The van der Waals surface area contributed by atoms with Gasteiger partial charge in [0.25, 0.3) is 0 Å². The molecular formula is C14H21FN2O. The minimum atomic E-state index is -0.490. The first-order chi connectivity index (χ1) is 8.36. The van der Waals surface area contributed by atoms with Crippen molar-refractivity contribution in [2.24, 2.45) is 5.41 Å². The van der Waals surface area contributed by atoms with E-state index in [0.717, 1.165) is 5.56 Å². The van der Waals surface area contributed by atoms with Crippen LogP contribution in [-0.2, 0) is 4.79 Å². The summed E-state index contributed by atoms with van der Waals surface area (Å²) in [6.07, 6.45) is 0. The first-order valence-electron chi connectivity index (χ1n) is 6.08. The third-order valence-corrected chi connectivity index (χ3v) is 3.04. The monoisotopic (exact) mass is 252 g/mol. The van der Waals surface area contributed by atoms with E-state index in [1.807, 2.05) is 26.8 Å². The highest BCUT2D eigenvalue weighted by Crippen LogP contribution is 2.18. The number of carbonyl (C=O) groups excluding carboxylic acids is 1. The van der Waals surface area contributed by atoms with Gasteiger partial charge in [0.1, 0.15) is 5.82 Å². The van der Waals surface area contributed by atoms with E-state index < -0.39 is 5.41 Å². The van der Waals surface area contributed by atoms with E-state index in [0.29, 0.717) is 6.54 Å².